The normalized spacial score (nSPS) is 13.3. The lowest BCUT2D eigenvalue weighted by molar-refractivity contribution is -0.143. The van der Waals surface area contributed by atoms with Crippen molar-refractivity contribution >= 4 is 16.7 Å². The molecule has 0 saturated carbocycles. The quantitative estimate of drug-likeness (QED) is 0.668. The fourth-order valence-corrected chi connectivity index (χ4v) is 3.08. The van der Waals surface area contributed by atoms with Gasteiger partial charge in [-0.25, -0.2) is 0 Å². The number of ether oxygens (including phenoxy) is 1. The van der Waals surface area contributed by atoms with Crippen LogP contribution in [0.5, 0.6) is 5.75 Å². The highest BCUT2D eigenvalue weighted by Gasteiger charge is 2.29. The summed E-state index contributed by atoms with van der Waals surface area (Å²) in [5, 5.41) is 12.6. The van der Waals surface area contributed by atoms with Crippen LogP contribution >= 0.6 is 0 Å². The first-order valence-corrected chi connectivity index (χ1v) is 8.88. The number of rotatable bonds is 7. The fourth-order valence-electron chi connectivity index (χ4n) is 3.08. The number of carbonyl (C=O) groups is 1. The fraction of sp³-hybridized carbons (Fsp3) is 0.227. The number of aliphatic hydroxyl groups excluding tert-OH is 1. The third-order valence-electron chi connectivity index (χ3n) is 4.50. The number of halogens is 2. The zero-order chi connectivity index (χ0) is 20.1. The molecule has 3 aromatic rings. The Bertz CT molecular complexity index is 928. The minimum absolute atomic E-state index is 0.284. The standard InChI is InChI=1S/C22H21F2NO3/c1-25(22(27)21(23)24)14-18(26)20(16-9-3-2-4-10-16)28-19-13-7-11-15-8-5-6-12-17(15)19/h2-13,18,20-21,26H,14H2,1H3/t18-,20+/m1/s1. The molecular weight excluding hydrogens is 364 g/mol. The minimum Gasteiger partial charge on any atom is -0.482 e. The number of hydrogen-bond donors (Lipinski definition) is 1. The summed E-state index contributed by atoms with van der Waals surface area (Å²) in [4.78, 5) is 12.3. The number of benzene rings is 3. The average molecular weight is 385 g/mol. The number of likely N-dealkylation sites (N-methyl/N-ethyl adjacent to an activating group) is 1. The van der Waals surface area contributed by atoms with Gasteiger partial charge in [-0.15, -0.1) is 0 Å². The third-order valence-corrected chi connectivity index (χ3v) is 4.50. The average Bonchev–Trinajstić information content (AvgIpc) is 2.71. The largest absolute Gasteiger partial charge is 0.482 e. The van der Waals surface area contributed by atoms with Crippen LogP contribution in [-0.2, 0) is 4.79 Å². The Morgan fingerprint density at radius 1 is 1.00 bits per heavy atom. The van der Waals surface area contributed by atoms with Crippen molar-refractivity contribution in [2.75, 3.05) is 13.6 Å². The molecule has 0 heterocycles. The summed E-state index contributed by atoms with van der Waals surface area (Å²) < 4.78 is 31.5. The van der Waals surface area contributed by atoms with E-state index < -0.39 is 24.5 Å². The second kappa shape index (κ2) is 8.80. The number of amides is 1. The van der Waals surface area contributed by atoms with E-state index in [1.807, 2.05) is 42.5 Å². The van der Waals surface area contributed by atoms with Crippen molar-refractivity contribution < 1.29 is 23.4 Å². The zero-order valence-electron chi connectivity index (χ0n) is 15.3. The lowest BCUT2D eigenvalue weighted by Crippen LogP contribution is -2.41. The van der Waals surface area contributed by atoms with Crippen LogP contribution in [0, 0.1) is 0 Å². The van der Waals surface area contributed by atoms with Gasteiger partial charge in [0.05, 0.1) is 6.54 Å². The molecule has 0 bridgehead atoms. The Kier molecular flexibility index (Phi) is 6.21. The number of nitrogens with zero attached hydrogens (tertiary/aromatic N) is 1. The highest BCUT2D eigenvalue weighted by Crippen LogP contribution is 2.31. The summed E-state index contributed by atoms with van der Waals surface area (Å²) >= 11 is 0. The van der Waals surface area contributed by atoms with Crippen LogP contribution in [0.1, 0.15) is 11.7 Å². The molecule has 28 heavy (non-hydrogen) atoms. The molecule has 4 nitrogen and oxygen atoms in total. The number of aliphatic hydroxyl groups is 1. The molecule has 0 aliphatic rings. The van der Waals surface area contributed by atoms with E-state index in [1.54, 1.807) is 30.3 Å². The summed E-state index contributed by atoms with van der Waals surface area (Å²) in [6, 6.07) is 22.3. The van der Waals surface area contributed by atoms with E-state index in [-0.39, 0.29) is 6.54 Å². The van der Waals surface area contributed by atoms with E-state index in [2.05, 4.69) is 0 Å². The van der Waals surface area contributed by atoms with Gasteiger partial charge < -0.3 is 14.7 Å². The van der Waals surface area contributed by atoms with E-state index in [1.165, 1.54) is 7.05 Å². The summed E-state index contributed by atoms with van der Waals surface area (Å²) in [6.45, 7) is -0.284. The summed E-state index contributed by atoms with van der Waals surface area (Å²) in [6.07, 6.45) is -5.15. The SMILES string of the molecule is CN(C[C@@H](O)[C@@H](Oc1cccc2ccccc12)c1ccccc1)C(=O)C(F)F. The van der Waals surface area contributed by atoms with Gasteiger partial charge in [0.15, 0.2) is 6.10 Å². The second-order valence-electron chi connectivity index (χ2n) is 6.51. The maximum absolute atomic E-state index is 12.7. The third kappa shape index (κ3) is 4.46. The van der Waals surface area contributed by atoms with Crippen LogP contribution < -0.4 is 4.74 Å². The van der Waals surface area contributed by atoms with Crippen LogP contribution in [0.3, 0.4) is 0 Å². The van der Waals surface area contributed by atoms with E-state index in [9.17, 15) is 18.7 Å². The topological polar surface area (TPSA) is 49.8 Å². The molecule has 3 aromatic carbocycles. The summed E-state index contributed by atoms with van der Waals surface area (Å²) in [5.41, 5.74) is 0.681. The maximum Gasteiger partial charge on any atom is 0.315 e. The first-order valence-electron chi connectivity index (χ1n) is 8.88. The monoisotopic (exact) mass is 385 g/mol. The van der Waals surface area contributed by atoms with E-state index >= 15 is 0 Å². The minimum atomic E-state index is -3.12. The Balaban J connectivity index is 1.90. The van der Waals surface area contributed by atoms with Gasteiger partial charge in [0.25, 0.3) is 5.91 Å². The van der Waals surface area contributed by atoms with Gasteiger partial charge in [-0.2, -0.15) is 8.78 Å². The van der Waals surface area contributed by atoms with Gasteiger partial charge in [-0.3, -0.25) is 4.79 Å². The summed E-state index contributed by atoms with van der Waals surface area (Å²) in [7, 11) is 1.23. The van der Waals surface area contributed by atoms with E-state index in [0.29, 0.717) is 11.3 Å². The van der Waals surface area contributed by atoms with Crippen LogP contribution in [0.4, 0.5) is 8.78 Å². The van der Waals surface area contributed by atoms with Gasteiger partial charge in [-0.05, 0) is 17.0 Å². The Morgan fingerprint density at radius 3 is 2.36 bits per heavy atom. The Labute approximate surface area is 162 Å². The molecule has 0 aliphatic carbocycles. The highest BCUT2D eigenvalue weighted by atomic mass is 19.3. The Hall–Kier alpha value is -2.99. The summed E-state index contributed by atoms with van der Waals surface area (Å²) in [5.74, 6) is -0.773. The molecule has 0 unspecified atom stereocenters. The Morgan fingerprint density at radius 2 is 1.64 bits per heavy atom. The van der Waals surface area contributed by atoms with Crippen LogP contribution in [0.25, 0.3) is 10.8 Å². The van der Waals surface area contributed by atoms with Crippen LogP contribution in [0.2, 0.25) is 0 Å². The molecular formula is C22H21F2NO3. The second-order valence-corrected chi connectivity index (χ2v) is 6.51. The highest BCUT2D eigenvalue weighted by molar-refractivity contribution is 5.88. The van der Waals surface area contributed by atoms with Gasteiger partial charge in [0.2, 0.25) is 0 Å². The molecule has 1 amide bonds. The van der Waals surface area contributed by atoms with Crippen molar-refractivity contribution in [2.24, 2.45) is 0 Å². The number of hydrogen-bond acceptors (Lipinski definition) is 3. The molecule has 0 radical (unpaired) electrons. The molecule has 6 heteroatoms. The van der Waals surface area contributed by atoms with E-state index in [0.717, 1.165) is 15.7 Å². The zero-order valence-corrected chi connectivity index (χ0v) is 15.3. The molecule has 0 saturated heterocycles. The smallest absolute Gasteiger partial charge is 0.315 e. The van der Waals surface area contributed by atoms with Gasteiger partial charge in [-0.1, -0.05) is 66.7 Å². The predicted octanol–water partition coefficient (Wildman–Crippen LogP) is 4.04. The van der Waals surface area contributed by atoms with Gasteiger partial charge in [0, 0.05) is 12.4 Å². The van der Waals surface area contributed by atoms with Crippen molar-refractivity contribution in [3.05, 3.63) is 78.4 Å². The van der Waals surface area contributed by atoms with Gasteiger partial charge >= 0.3 is 6.43 Å². The molecule has 0 fully saturated rings. The lowest BCUT2D eigenvalue weighted by Gasteiger charge is -2.28. The van der Waals surface area contributed by atoms with Crippen LogP contribution in [-0.4, -0.2) is 42.0 Å². The maximum atomic E-state index is 12.7. The molecule has 2 atom stereocenters. The van der Waals surface area contributed by atoms with E-state index in [4.69, 9.17) is 4.74 Å². The predicted molar refractivity (Wildman–Crippen MR) is 103 cm³/mol. The molecule has 146 valence electrons. The van der Waals surface area contributed by atoms with Crippen molar-refractivity contribution in [3.63, 3.8) is 0 Å². The molecule has 0 spiro atoms. The van der Waals surface area contributed by atoms with Crippen molar-refractivity contribution in [1.82, 2.24) is 4.90 Å². The van der Waals surface area contributed by atoms with Crippen molar-refractivity contribution in [2.45, 2.75) is 18.6 Å². The molecule has 1 N–H and O–H groups in total. The molecule has 0 aromatic heterocycles. The van der Waals surface area contributed by atoms with Crippen molar-refractivity contribution in [1.29, 1.82) is 0 Å². The van der Waals surface area contributed by atoms with Crippen molar-refractivity contribution in [3.8, 4) is 5.75 Å². The van der Waals surface area contributed by atoms with Gasteiger partial charge in [0.1, 0.15) is 11.9 Å². The molecule has 0 aliphatic heterocycles. The number of fused-ring (bicyclic) bond motifs is 1. The molecule has 3 rings (SSSR count). The lowest BCUT2D eigenvalue weighted by atomic mass is 10.0. The number of carbonyl (C=O) groups excluding carboxylic acids is 1. The number of alkyl halides is 2. The first kappa shape index (κ1) is 19.8. The van der Waals surface area contributed by atoms with Crippen LogP contribution in [0.15, 0.2) is 72.8 Å². The first-order chi connectivity index (χ1) is 13.5.